The van der Waals surface area contributed by atoms with Gasteiger partial charge in [0.2, 0.25) is 0 Å². The molecular formula is C23H28ClN5O5. The van der Waals surface area contributed by atoms with Crippen molar-refractivity contribution < 1.29 is 19.2 Å². The molecular weight excluding hydrogens is 462 g/mol. The Morgan fingerprint density at radius 2 is 1.85 bits per heavy atom. The Balaban J connectivity index is 1.67. The maximum Gasteiger partial charge on any atom is 0.270 e. The molecule has 0 saturated carbocycles. The average Bonchev–Trinajstić information content (AvgIpc) is 2.82. The van der Waals surface area contributed by atoms with Crippen molar-refractivity contribution in [2.45, 2.75) is 6.42 Å². The van der Waals surface area contributed by atoms with Gasteiger partial charge in [0, 0.05) is 57.2 Å². The summed E-state index contributed by atoms with van der Waals surface area (Å²) in [4.78, 5) is 40.0. The summed E-state index contributed by atoms with van der Waals surface area (Å²) in [5.41, 5.74) is 1.42. The van der Waals surface area contributed by atoms with Gasteiger partial charge in [0.25, 0.3) is 17.5 Å². The number of anilines is 2. The van der Waals surface area contributed by atoms with Crippen LogP contribution in [-0.4, -0.2) is 75.1 Å². The van der Waals surface area contributed by atoms with Crippen molar-refractivity contribution in [1.29, 1.82) is 0 Å². The van der Waals surface area contributed by atoms with Gasteiger partial charge in [-0.25, -0.2) is 0 Å². The summed E-state index contributed by atoms with van der Waals surface area (Å²) in [7, 11) is 3.67. The minimum absolute atomic E-state index is 0.0325. The quantitative estimate of drug-likeness (QED) is 0.316. The third-order valence-corrected chi connectivity index (χ3v) is 5.74. The van der Waals surface area contributed by atoms with Gasteiger partial charge >= 0.3 is 0 Å². The predicted molar refractivity (Wildman–Crippen MR) is 131 cm³/mol. The number of benzene rings is 2. The van der Waals surface area contributed by atoms with Crippen molar-refractivity contribution in [1.82, 2.24) is 10.2 Å². The van der Waals surface area contributed by atoms with Crippen LogP contribution >= 0.6 is 11.6 Å². The van der Waals surface area contributed by atoms with Gasteiger partial charge in [-0.3, -0.25) is 24.6 Å². The second kappa shape index (κ2) is 11.8. The number of non-ortho nitro benzene ring substituents is 1. The number of carbonyl (C=O) groups is 2. The van der Waals surface area contributed by atoms with Gasteiger partial charge in [0.05, 0.1) is 34.3 Å². The van der Waals surface area contributed by atoms with Crippen LogP contribution in [0.4, 0.5) is 17.1 Å². The average molecular weight is 490 g/mol. The number of hydrogen-bond donors (Lipinski definition) is 2. The molecule has 0 spiro atoms. The lowest BCUT2D eigenvalue weighted by Crippen LogP contribution is -2.38. The molecule has 0 aromatic heterocycles. The summed E-state index contributed by atoms with van der Waals surface area (Å²) in [5.74, 6) is -0.774. The van der Waals surface area contributed by atoms with E-state index in [0.717, 1.165) is 45.3 Å². The number of morpholine rings is 1. The largest absolute Gasteiger partial charge is 0.379 e. The van der Waals surface area contributed by atoms with Crippen molar-refractivity contribution in [3.8, 4) is 0 Å². The first-order valence-electron chi connectivity index (χ1n) is 10.9. The number of amides is 2. The van der Waals surface area contributed by atoms with Gasteiger partial charge in [-0.2, -0.15) is 0 Å². The first-order valence-corrected chi connectivity index (χ1v) is 11.3. The van der Waals surface area contributed by atoms with E-state index in [1.165, 1.54) is 12.1 Å². The summed E-state index contributed by atoms with van der Waals surface area (Å²) in [6.45, 7) is 4.69. The molecule has 11 heteroatoms. The van der Waals surface area contributed by atoms with E-state index < -0.39 is 10.8 Å². The smallest absolute Gasteiger partial charge is 0.270 e. The second-order valence-corrected chi connectivity index (χ2v) is 8.47. The van der Waals surface area contributed by atoms with E-state index in [0.29, 0.717) is 23.5 Å². The van der Waals surface area contributed by atoms with Crippen LogP contribution in [0, 0.1) is 10.1 Å². The minimum atomic E-state index is -0.584. The molecule has 1 aliphatic heterocycles. The highest BCUT2D eigenvalue weighted by atomic mass is 35.5. The van der Waals surface area contributed by atoms with Crippen LogP contribution in [0.5, 0.6) is 0 Å². The Bertz CT molecular complexity index is 1060. The zero-order chi connectivity index (χ0) is 24.7. The summed E-state index contributed by atoms with van der Waals surface area (Å²) < 4.78 is 5.35. The molecule has 1 heterocycles. The lowest BCUT2D eigenvalue weighted by molar-refractivity contribution is -0.384. The molecule has 0 aliphatic carbocycles. The van der Waals surface area contributed by atoms with Crippen LogP contribution in [0.1, 0.15) is 27.1 Å². The Labute approximate surface area is 203 Å². The normalized spacial score (nSPS) is 13.9. The number of rotatable bonds is 9. The number of hydrogen-bond acceptors (Lipinski definition) is 7. The number of nitrogens with one attached hydrogen (secondary N) is 2. The number of nitrogens with zero attached hydrogens (tertiary/aromatic N) is 3. The Hall–Kier alpha value is -3.21. The Kier molecular flexibility index (Phi) is 8.80. The van der Waals surface area contributed by atoms with Gasteiger partial charge in [-0.05, 0) is 37.2 Å². The summed E-state index contributed by atoms with van der Waals surface area (Å²) in [6.07, 6.45) is 0.818. The molecule has 2 N–H and O–H groups in total. The van der Waals surface area contributed by atoms with Crippen LogP contribution < -0.4 is 15.5 Å². The van der Waals surface area contributed by atoms with Crippen LogP contribution in [0.3, 0.4) is 0 Å². The fourth-order valence-corrected chi connectivity index (χ4v) is 3.87. The first-order chi connectivity index (χ1) is 16.3. The molecule has 1 fully saturated rings. The molecule has 34 heavy (non-hydrogen) atoms. The fraction of sp³-hybridized carbons (Fsp3) is 0.391. The number of halogens is 1. The molecule has 2 amide bonds. The highest BCUT2D eigenvalue weighted by Crippen LogP contribution is 2.26. The van der Waals surface area contributed by atoms with Gasteiger partial charge in [0.15, 0.2) is 0 Å². The number of carbonyl (C=O) groups excluding carboxylic acids is 2. The number of nitro groups is 1. The van der Waals surface area contributed by atoms with E-state index in [1.54, 1.807) is 18.2 Å². The molecule has 2 aromatic rings. The van der Waals surface area contributed by atoms with Crippen molar-refractivity contribution in [2.75, 3.05) is 63.7 Å². The number of ether oxygens (including phenoxy) is 1. The second-order valence-electron chi connectivity index (χ2n) is 8.07. The molecule has 10 nitrogen and oxygen atoms in total. The molecule has 0 unspecified atom stereocenters. The standard InChI is InChI=1S/C23H28ClN5O5/c1-27(2)21-7-4-16(26-23(31)18-6-5-17(29(32)33)15-20(18)24)14-19(21)22(30)25-8-3-9-28-10-12-34-13-11-28/h4-7,14-15H,3,8-13H2,1-2H3,(H,25,30)(H,26,31). The van der Waals surface area contributed by atoms with Gasteiger partial charge < -0.3 is 20.3 Å². The monoisotopic (exact) mass is 489 g/mol. The van der Waals surface area contributed by atoms with Crippen molar-refractivity contribution in [3.05, 3.63) is 62.7 Å². The molecule has 3 rings (SSSR count). The van der Waals surface area contributed by atoms with Gasteiger partial charge in [-0.15, -0.1) is 0 Å². The van der Waals surface area contributed by atoms with Crippen LogP contribution in [-0.2, 0) is 4.74 Å². The number of nitro benzene ring substituents is 1. The summed E-state index contributed by atoms with van der Waals surface area (Å²) >= 11 is 6.06. The van der Waals surface area contributed by atoms with E-state index in [1.807, 2.05) is 19.0 Å². The van der Waals surface area contributed by atoms with Gasteiger partial charge in [-0.1, -0.05) is 11.6 Å². The van der Waals surface area contributed by atoms with E-state index in [-0.39, 0.29) is 22.2 Å². The van der Waals surface area contributed by atoms with Crippen molar-refractivity contribution >= 4 is 40.5 Å². The lowest BCUT2D eigenvalue weighted by Gasteiger charge is -2.26. The maximum atomic E-state index is 12.9. The minimum Gasteiger partial charge on any atom is -0.379 e. The zero-order valence-electron chi connectivity index (χ0n) is 19.2. The fourth-order valence-electron chi connectivity index (χ4n) is 3.61. The van der Waals surface area contributed by atoms with Crippen molar-refractivity contribution in [2.24, 2.45) is 0 Å². The van der Waals surface area contributed by atoms with E-state index in [9.17, 15) is 19.7 Å². The van der Waals surface area contributed by atoms with Gasteiger partial charge in [0.1, 0.15) is 0 Å². The summed E-state index contributed by atoms with van der Waals surface area (Å²) in [6, 6.07) is 8.67. The lowest BCUT2D eigenvalue weighted by atomic mass is 10.1. The highest BCUT2D eigenvalue weighted by molar-refractivity contribution is 6.34. The maximum absolute atomic E-state index is 12.9. The molecule has 0 radical (unpaired) electrons. The zero-order valence-corrected chi connectivity index (χ0v) is 19.9. The third kappa shape index (κ3) is 6.66. The third-order valence-electron chi connectivity index (χ3n) is 5.43. The molecule has 1 aliphatic rings. The predicted octanol–water partition coefficient (Wildman–Crippen LogP) is 3.02. The SMILES string of the molecule is CN(C)c1ccc(NC(=O)c2ccc([N+](=O)[O-])cc2Cl)cc1C(=O)NCCCN1CCOCC1. The molecule has 0 bridgehead atoms. The molecule has 0 atom stereocenters. The Morgan fingerprint density at radius 3 is 2.50 bits per heavy atom. The Morgan fingerprint density at radius 1 is 1.12 bits per heavy atom. The molecule has 182 valence electrons. The topological polar surface area (TPSA) is 117 Å². The van der Waals surface area contributed by atoms with Crippen LogP contribution in [0.2, 0.25) is 5.02 Å². The van der Waals surface area contributed by atoms with Crippen LogP contribution in [0.25, 0.3) is 0 Å². The highest BCUT2D eigenvalue weighted by Gasteiger charge is 2.18. The first kappa shape index (κ1) is 25.4. The molecule has 1 saturated heterocycles. The van der Waals surface area contributed by atoms with E-state index in [4.69, 9.17) is 16.3 Å². The van der Waals surface area contributed by atoms with Crippen LogP contribution in [0.15, 0.2) is 36.4 Å². The van der Waals surface area contributed by atoms with E-state index in [2.05, 4.69) is 15.5 Å². The molecule has 2 aromatic carbocycles. The van der Waals surface area contributed by atoms with Crippen molar-refractivity contribution in [3.63, 3.8) is 0 Å². The summed E-state index contributed by atoms with van der Waals surface area (Å²) in [5, 5.41) is 16.5. The van der Waals surface area contributed by atoms with E-state index >= 15 is 0 Å².